The molecule has 0 saturated carbocycles. The van der Waals surface area contributed by atoms with E-state index in [1.807, 2.05) is 6.92 Å². The van der Waals surface area contributed by atoms with Crippen molar-refractivity contribution in [3.8, 4) is 0 Å². The van der Waals surface area contributed by atoms with E-state index in [4.69, 9.17) is 5.26 Å². The Hall–Kier alpha value is -0.610. The Morgan fingerprint density at radius 1 is 1.80 bits per heavy atom. The number of nitrogens with one attached hydrogen (secondary N) is 1. The molecule has 0 fully saturated rings. The van der Waals surface area contributed by atoms with E-state index in [-0.39, 0.29) is 5.91 Å². The van der Waals surface area contributed by atoms with Crippen LogP contribution in [-0.4, -0.2) is 17.4 Å². The minimum atomic E-state index is -0.553. The fourth-order valence-electron chi connectivity index (χ4n) is 0.640. The molecule has 0 spiro atoms. The molecule has 10 heavy (non-hydrogen) atoms. The molecule has 4 heteroatoms. The highest BCUT2D eigenvalue weighted by Crippen LogP contribution is 1.95. The summed E-state index contributed by atoms with van der Waals surface area (Å²) >= 11 is 0. The fourth-order valence-corrected chi connectivity index (χ4v) is 0.640. The van der Waals surface area contributed by atoms with Gasteiger partial charge in [-0.05, 0) is 6.42 Å². The van der Waals surface area contributed by atoms with Gasteiger partial charge in [-0.25, -0.2) is 10.1 Å². The van der Waals surface area contributed by atoms with Gasteiger partial charge in [-0.1, -0.05) is 13.3 Å². The van der Waals surface area contributed by atoms with Crippen LogP contribution in [0.3, 0.4) is 0 Å². The van der Waals surface area contributed by atoms with Gasteiger partial charge in [-0.15, -0.1) is 0 Å². The summed E-state index contributed by atoms with van der Waals surface area (Å²) in [5.41, 5.74) is 0. The molecule has 0 bridgehead atoms. The third-order valence-electron chi connectivity index (χ3n) is 1.04. The monoisotopic (exact) mass is 147 g/mol. The SMILES string of the molecule is CCCC(NC(C)=O)OO. The van der Waals surface area contributed by atoms with E-state index >= 15 is 0 Å². The van der Waals surface area contributed by atoms with Gasteiger partial charge in [0.1, 0.15) is 0 Å². The van der Waals surface area contributed by atoms with Gasteiger partial charge in [0.25, 0.3) is 0 Å². The summed E-state index contributed by atoms with van der Waals surface area (Å²) in [4.78, 5) is 14.4. The molecular formula is C6H13NO3. The van der Waals surface area contributed by atoms with Gasteiger partial charge in [0, 0.05) is 6.92 Å². The van der Waals surface area contributed by atoms with E-state index in [1.165, 1.54) is 6.92 Å². The second kappa shape index (κ2) is 5.20. The third-order valence-corrected chi connectivity index (χ3v) is 1.04. The Balaban J connectivity index is 3.49. The Morgan fingerprint density at radius 3 is 2.70 bits per heavy atom. The Morgan fingerprint density at radius 2 is 2.40 bits per heavy atom. The van der Waals surface area contributed by atoms with Crippen molar-refractivity contribution in [3.05, 3.63) is 0 Å². The van der Waals surface area contributed by atoms with Crippen LogP contribution in [0.4, 0.5) is 0 Å². The first kappa shape index (κ1) is 9.39. The molecule has 0 aromatic carbocycles. The smallest absolute Gasteiger partial charge is 0.218 e. The summed E-state index contributed by atoms with van der Waals surface area (Å²) in [6.07, 6.45) is 0.921. The minimum absolute atomic E-state index is 0.201. The molecule has 1 amide bonds. The molecular weight excluding hydrogens is 134 g/mol. The lowest BCUT2D eigenvalue weighted by Crippen LogP contribution is -2.34. The van der Waals surface area contributed by atoms with Crippen LogP contribution in [0.25, 0.3) is 0 Å². The van der Waals surface area contributed by atoms with E-state index in [2.05, 4.69) is 10.2 Å². The van der Waals surface area contributed by atoms with Gasteiger partial charge in [-0.2, -0.15) is 0 Å². The maximum absolute atomic E-state index is 10.4. The zero-order chi connectivity index (χ0) is 7.98. The highest BCUT2D eigenvalue weighted by atomic mass is 17.1. The second-order valence-corrected chi connectivity index (χ2v) is 2.08. The average molecular weight is 147 g/mol. The van der Waals surface area contributed by atoms with Gasteiger partial charge in [0.15, 0.2) is 6.23 Å². The maximum Gasteiger partial charge on any atom is 0.218 e. The van der Waals surface area contributed by atoms with Crippen molar-refractivity contribution in [2.75, 3.05) is 0 Å². The molecule has 4 nitrogen and oxygen atoms in total. The lowest BCUT2D eigenvalue weighted by atomic mass is 10.3. The van der Waals surface area contributed by atoms with Crippen molar-refractivity contribution in [1.29, 1.82) is 0 Å². The summed E-state index contributed by atoms with van der Waals surface area (Å²) in [5.74, 6) is -0.201. The number of carbonyl (C=O) groups is 1. The van der Waals surface area contributed by atoms with Crippen molar-refractivity contribution < 1.29 is 14.9 Å². The molecule has 0 radical (unpaired) electrons. The summed E-state index contributed by atoms with van der Waals surface area (Å²) in [5, 5.41) is 10.6. The fraction of sp³-hybridized carbons (Fsp3) is 0.833. The van der Waals surface area contributed by atoms with Crippen LogP contribution in [-0.2, 0) is 9.68 Å². The van der Waals surface area contributed by atoms with E-state index in [0.29, 0.717) is 6.42 Å². The average Bonchev–Trinajstić information content (AvgIpc) is 1.86. The van der Waals surface area contributed by atoms with Gasteiger partial charge in [0.05, 0.1) is 0 Å². The number of hydrogen-bond acceptors (Lipinski definition) is 3. The molecule has 0 aromatic heterocycles. The standard InChI is InChI=1S/C6H13NO3/c1-3-4-6(10-9)7-5(2)8/h6,9H,3-4H2,1-2H3,(H,7,8). The van der Waals surface area contributed by atoms with Crippen LogP contribution in [0.5, 0.6) is 0 Å². The zero-order valence-corrected chi connectivity index (χ0v) is 6.26. The van der Waals surface area contributed by atoms with Crippen LogP contribution in [0.1, 0.15) is 26.7 Å². The van der Waals surface area contributed by atoms with Crippen LogP contribution >= 0.6 is 0 Å². The molecule has 0 aliphatic heterocycles. The molecule has 0 aliphatic carbocycles. The van der Waals surface area contributed by atoms with Crippen molar-refractivity contribution >= 4 is 5.91 Å². The number of rotatable bonds is 4. The Labute approximate surface area is 60.1 Å². The molecule has 0 rings (SSSR count). The van der Waals surface area contributed by atoms with Crippen molar-refractivity contribution in [2.45, 2.75) is 32.9 Å². The van der Waals surface area contributed by atoms with E-state index in [9.17, 15) is 4.79 Å². The molecule has 60 valence electrons. The first-order chi connectivity index (χ1) is 4.70. The molecule has 0 aliphatic rings. The van der Waals surface area contributed by atoms with Crippen molar-refractivity contribution in [1.82, 2.24) is 5.32 Å². The quantitative estimate of drug-likeness (QED) is 0.350. The first-order valence-electron chi connectivity index (χ1n) is 3.28. The predicted molar refractivity (Wildman–Crippen MR) is 36.2 cm³/mol. The Bertz CT molecular complexity index is 105. The van der Waals surface area contributed by atoms with E-state index < -0.39 is 6.23 Å². The number of hydrogen-bond donors (Lipinski definition) is 2. The first-order valence-corrected chi connectivity index (χ1v) is 3.28. The van der Waals surface area contributed by atoms with Gasteiger partial charge < -0.3 is 5.32 Å². The number of amides is 1. The highest BCUT2D eigenvalue weighted by Gasteiger charge is 2.06. The summed E-state index contributed by atoms with van der Waals surface area (Å²) in [6.45, 7) is 3.31. The highest BCUT2D eigenvalue weighted by molar-refractivity contribution is 5.72. The molecule has 0 heterocycles. The lowest BCUT2D eigenvalue weighted by molar-refractivity contribution is -0.285. The Kier molecular flexibility index (Phi) is 4.88. The van der Waals surface area contributed by atoms with Crippen LogP contribution in [0, 0.1) is 0 Å². The van der Waals surface area contributed by atoms with Crippen LogP contribution < -0.4 is 5.32 Å². The molecule has 2 N–H and O–H groups in total. The van der Waals surface area contributed by atoms with Gasteiger partial charge in [-0.3, -0.25) is 4.79 Å². The molecule has 0 aromatic rings. The topological polar surface area (TPSA) is 58.6 Å². The second-order valence-electron chi connectivity index (χ2n) is 2.08. The zero-order valence-electron chi connectivity index (χ0n) is 6.26. The van der Waals surface area contributed by atoms with E-state index in [0.717, 1.165) is 6.42 Å². The van der Waals surface area contributed by atoms with Gasteiger partial charge in [0.2, 0.25) is 5.91 Å². The summed E-state index contributed by atoms with van der Waals surface area (Å²) in [7, 11) is 0. The lowest BCUT2D eigenvalue weighted by Gasteiger charge is -2.11. The summed E-state index contributed by atoms with van der Waals surface area (Å²) in [6, 6.07) is 0. The molecule has 0 saturated heterocycles. The normalized spacial score (nSPS) is 12.7. The van der Waals surface area contributed by atoms with Crippen LogP contribution in [0.15, 0.2) is 0 Å². The van der Waals surface area contributed by atoms with Gasteiger partial charge >= 0.3 is 0 Å². The van der Waals surface area contributed by atoms with E-state index in [1.54, 1.807) is 0 Å². The maximum atomic E-state index is 10.4. The summed E-state index contributed by atoms with van der Waals surface area (Å²) < 4.78 is 0. The third kappa shape index (κ3) is 4.29. The van der Waals surface area contributed by atoms with Crippen molar-refractivity contribution in [3.63, 3.8) is 0 Å². The number of carbonyl (C=O) groups excluding carboxylic acids is 1. The largest absolute Gasteiger partial charge is 0.328 e. The predicted octanol–water partition coefficient (Wildman–Crippen LogP) is 0.738. The molecule has 1 atom stereocenters. The van der Waals surface area contributed by atoms with Crippen molar-refractivity contribution in [2.24, 2.45) is 0 Å². The molecule has 1 unspecified atom stereocenters. The van der Waals surface area contributed by atoms with Crippen LogP contribution in [0.2, 0.25) is 0 Å². The minimum Gasteiger partial charge on any atom is -0.328 e.